The first kappa shape index (κ1) is 16.2. The Bertz CT molecular complexity index is 493. The van der Waals surface area contributed by atoms with E-state index in [9.17, 15) is 9.90 Å². The molecule has 5 nitrogen and oxygen atoms in total. The summed E-state index contributed by atoms with van der Waals surface area (Å²) < 4.78 is 0. The second kappa shape index (κ2) is 6.75. The molecule has 1 aliphatic rings. The van der Waals surface area contributed by atoms with E-state index in [-0.39, 0.29) is 5.92 Å². The summed E-state index contributed by atoms with van der Waals surface area (Å²) in [4.78, 5) is 21.0. The number of aromatic nitrogens is 1. The molecule has 0 aromatic carbocycles. The topological polar surface area (TPSA) is 56.7 Å². The first-order valence-corrected chi connectivity index (χ1v) is 8.48. The summed E-state index contributed by atoms with van der Waals surface area (Å²) >= 11 is 1.31. The van der Waals surface area contributed by atoms with Gasteiger partial charge in [0.2, 0.25) is 0 Å². The van der Waals surface area contributed by atoms with Gasteiger partial charge in [0.15, 0.2) is 5.13 Å². The Morgan fingerprint density at radius 3 is 2.33 bits per heavy atom. The van der Waals surface area contributed by atoms with Crippen molar-refractivity contribution in [3.8, 4) is 0 Å². The lowest BCUT2D eigenvalue weighted by Crippen LogP contribution is -2.49. The molecule has 1 aliphatic heterocycles. The van der Waals surface area contributed by atoms with Crippen molar-refractivity contribution in [2.45, 2.75) is 46.1 Å². The van der Waals surface area contributed by atoms with Gasteiger partial charge in [-0.25, -0.2) is 9.78 Å². The molecule has 0 aliphatic carbocycles. The molecule has 118 valence electrons. The zero-order valence-corrected chi connectivity index (χ0v) is 14.1. The number of rotatable bonds is 5. The van der Waals surface area contributed by atoms with Crippen molar-refractivity contribution in [1.82, 2.24) is 9.88 Å². The van der Waals surface area contributed by atoms with E-state index in [1.807, 2.05) is 13.8 Å². The van der Waals surface area contributed by atoms with Crippen LogP contribution in [0.2, 0.25) is 0 Å². The van der Waals surface area contributed by atoms with Crippen LogP contribution in [0.5, 0.6) is 0 Å². The zero-order chi connectivity index (χ0) is 15.6. The fourth-order valence-corrected chi connectivity index (χ4v) is 3.72. The maximum Gasteiger partial charge on any atom is 0.347 e. The van der Waals surface area contributed by atoms with Crippen molar-refractivity contribution in [3.05, 3.63) is 10.6 Å². The fourth-order valence-electron chi connectivity index (χ4n) is 2.61. The average Bonchev–Trinajstić information content (AvgIpc) is 2.92. The number of anilines is 1. The van der Waals surface area contributed by atoms with E-state index in [1.54, 1.807) is 0 Å². The molecular weight excluding hydrogens is 286 g/mol. The van der Waals surface area contributed by atoms with Crippen LogP contribution in [0.1, 0.15) is 55.4 Å². The maximum atomic E-state index is 11.3. The van der Waals surface area contributed by atoms with Crippen LogP contribution in [-0.2, 0) is 0 Å². The van der Waals surface area contributed by atoms with Crippen LogP contribution in [0.4, 0.5) is 5.13 Å². The highest BCUT2D eigenvalue weighted by molar-refractivity contribution is 7.17. The van der Waals surface area contributed by atoms with Gasteiger partial charge in [0.25, 0.3) is 0 Å². The Hall–Kier alpha value is -1.14. The van der Waals surface area contributed by atoms with Crippen LogP contribution in [0.15, 0.2) is 0 Å². The molecule has 0 spiro atoms. The van der Waals surface area contributed by atoms with E-state index >= 15 is 0 Å². The van der Waals surface area contributed by atoms with Gasteiger partial charge >= 0.3 is 5.97 Å². The number of hydrogen-bond donors (Lipinski definition) is 1. The summed E-state index contributed by atoms with van der Waals surface area (Å²) in [5.41, 5.74) is 0.715. The van der Waals surface area contributed by atoms with Gasteiger partial charge < -0.3 is 10.0 Å². The molecule has 1 N–H and O–H groups in total. The van der Waals surface area contributed by atoms with Gasteiger partial charge in [0.1, 0.15) is 4.88 Å². The van der Waals surface area contributed by atoms with Crippen molar-refractivity contribution in [2.75, 3.05) is 31.1 Å². The van der Waals surface area contributed by atoms with Gasteiger partial charge in [-0.1, -0.05) is 32.1 Å². The number of hydrogen-bond acceptors (Lipinski definition) is 5. The molecule has 2 rings (SSSR count). The van der Waals surface area contributed by atoms with Crippen LogP contribution >= 0.6 is 11.3 Å². The molecule has 21 heavy (non-hydrogen) atoms. The summed E-state index contributed by atoms with van der Waals surface area (Å²) in [6.45, 7) is 12.4. The van der Waals surface area contributed by atoms with Crippen LogP contribution in [0.25, 0.3) is 0 Å². The lowest BCUT2D eigenvalue weighted by Gasteiger charge is -2.37. The summed E-state index contributed by atoms with van der Waals surface area (Å²) in [5.74, 6) is -0.719. The van der Waals surface area contributed by atoms with E-state index in [4.69, 9.17) is 0 Å². The second-order valence-electron chi connectivity index (χ2n) is 5.95. The monoisotopic (exact) mass is 311 g/mol. The molecule has 1 atom stereocenters. The first-order valence-electron chi connectivity index (χ1n) is 7.67. The number of thiazole rings is 1. The highest BCUT2D eigenvalue weighted by Gasteiger charge is 2.25. The van der Waals surface area contributed by atoms with Gasteiger partial charge in [-0.2, -0.15) is 0 Å². The largest absolute Gasteiger partial charge is 0.477 e. The zero-order valence-electron chi connectivity index (χ0n) is 13.3. The van der Waals surface area contributed by atoms with Crippen LogP contribution in [0, 0.1) is 0 Å². The molecule has 1 unspecified atom stereocenters. The Morgan fingerprint density at radius 1 is 1.29 bits per heavy atom. The predicted molar refractivity (Wildman–Crippen MR) is 86.7 cm³/mol. The number of carboxylic acid groups (broad SMARTS) is 1. The molecule has 2 heterocycles. The fraction of sp³-hybridized carbons (Fsp3) is 0.733. The first-order chi connectivity index (χ1) is 9.93. The minimum absolute atomic E-state index is 0.141. The van der Waals surface area contributed by atoms with E-state index in [1.165, 1.54) is 11.3 Å². The number of carboxylic acids is 1. The van der Waals surface area contributed by atoms with Crippen molar-refractivity contribution < 1.29 is 9.90 Å². The third kappa shape index (κ3) is 3.55. The Morgan fingerprint density at radius 2 is 1.90 bits per heavy atom. The normalized spacial score (nSPS) is 18.2. The molecule has 1 saturated heterocycles. The molecule has 0 saturated carbocycles. The standard InChI is InChI=1S/C15H25N3O2S/c1-5-11(4)17-6-8-18(9-7-17)15-16-12(10(2)3)13(21-15)14(19)20/h10-11H,5-9H2,1-4H3,(H,19,20). The summed E-state index contributed by atoms with van der Waals surface area (Å²) in [6, 6.07) is 0.615. The van der Waals surface area contributed by atoms with Crippen molar-refractivity contribution in [1.29, 1.82) is 0 Å². The van der Waals surface area contributed by atoms with Crippen LogP contribution in [0.3, 0.4) is 0 Å². The number of piperazine rings is 1. The SMILES string of the molecule is CCC(C)N1CCN(c2nc(C(C)C)c(C(=O)O)s2)CC1. The minimum Gasteiger partial charge on any atom is -0.477 e. The summed E-state index contributed by atoms with van der Waals surface area (Å²) in [6.07, 6.45) is 1.16. The number of aromatic carboxylic acids is 1. The maximum absolute atomic E-state index is 11.3. The number of carbonyl (C=O) groups is 1. The highest BCUT2D eigenvalue weighted by Crippen LogP contribution is 2.31. The quantitative estimate of drug-likeness (QED) is 0.906. The second-order valence-corrected chi connectivity index (χ2v) is 6.93. The summed E-state index contributed by atoms with van der Waals surface area (Å²) in [7, 11) is 0. The van der Waals surface area contributed by atoms with Crippen LogP contribution in [-0.4, -0.2) is 53.2 Å². The third-order valence-electron chi connectivity index (χ3n) is 4.18. The number of nitrogens with zero attached hydrogens (tertiary/aromatic N) is 3. The van der Waals surface area contributed by atoms with Gasteiger partial charge in [-0.05, 0) is 19.3 Å². The lowest BCUT2D eigenvalue weighted by molar-refractivity contribution is 0.0700. The molecule has 1 fully saturated rings. The Kier molecular flexibility index (Phi) is 5.22. The molecular formula is C15H25N3O2S. The van der Waals surface area contributed by atoms with Gasteiger partial charge in [0.05, 0.1) is 5.69 Å². The smallest absolute Gasteiger partial charge is 0.347 e. The molecule has 0 bridgehead atoms. The van der Waals surface area contributed by atoms with Gasteiger partial charge in [-0.3, -0.25) is 4.90 Å². The lowest BCUT2D eigenvalue weighted by atomic mass is 10.1. The predicted octanol–water partition coefficient (Wildman–Crippen LogP) is 2.89. The third-order valence-corrected chi connectivity index (χ3v) is 5.30. The van der Waals surface area contributed by atoms with Crippen molar-refractivity contribution in [3.63, 3.8) is 0 Å². The highest BCUT2D eigenvalue weighted by atomic mass is 32.1. The average molecular weight is 311 g/mol. The van der Waals surface area contributed by atoms with Crippen LogP contribution < -0.4 is 4.90 Å². The Balaban J connectivity index is 2.10. The molecule has 0 radical (unpaired) electrons. The van der Waals surface area contributed by atoms with Gasteiger partial charge in [-0.15, -0.1) is 0 Å². The van der Waals surface area contributed by atoms with E-state index in [0.29, 0.717) is 16.6 Å². The van der Waals surface area contributed by atoms with Gasteiger partial charge in [0, 0.05) is 32.2 Å². The molecule has 0 amide bonds. The molecule has 1 aromatic rings. The van der Waals surface area contributed by atoms with E-state index < -0.39 is 5.97 Å². The van der Waals surface area contributed by atoms with Crippen molar-refractivity contribution in [2.24, 2.45) is 0 Å². The van der Waals surface area contributed by atoms with E-state index in [2.05, 4.69) is 28.6 Å². The Labute approximate surface area is 130 Å². The van der Waals surface area contributed by atoms with E-state index in [0.717, 1.165) is 37.7 Å². The minimum atomic E-state index is -0.860. The molecule has 6 heteroatoms. The molecule has 1 aromatic heterocycles. The van der Waals surface area contributed by atoms with Crippen molar-refractivity contribution >= 4 is 22.4 Å². The summed E-state index contributed by atoms with van der Waals surface area (Å²) in [5, 5.41) is 10.2.